The molecule has 0 heterocycles. The van der Waals surface area contributed by atoms with Crippen LogP contribution in [-0.2, 0) is 6.42 Å². The van der Waals surface area contributed by atoms with E-state index in [9.17, 15) is 27.1 Å². The van der Waals surface area contributed by atoms with Gasteiger partial charge in [-0.2, -0.15) is 17.6 Å². The van der Waals surface area contributed by atoms with E-state index in [-0.39, 0.29) is 23.5 Å². The lowest BCUT2D eigenvalue weighted by Crippen LogP contribution is -2.05. The highest BCUT2D eigenvalue weighted by atomic mass is 32.2. The molecule has 0 aliphatic carbocycles. The van der Waals surface area contributed by atoms with Crippen LogP contribution in [-0.4, -0.2) is 24.9 Å². The fraction of sp³-hybridized carbons (Fsp3) is 0.273. The summed E-state index contributed by atoms with van der Waals surface area (Å²) in [7, 11) is 0. The van der Waals surface area contributed by atoms with E-state index < -0.39 is 24.8 Å². The first-order valence-electron chi connectivity index (χ1n) is 9.18. The number of hydrogen-bond acceptors (Lipinski definition) is 4. The van der Waals surface area contributed by atoms with Gasteiger partial charge in [-0.15, -0.1) is 0 Å². The molecule has 168 valence electrons. The summed E-state index contributed by atoms with van der Waals surface area (Å²) >= 11 is 1.37. The summed E-state index contributed by atoms with van der Waals surface area (Å²) in [5, 5.41) is 9.36. The maximum Gasteiger partial charge on any atom is 0.387 e. The number of rotatable bonds is 10. The van der Waals surface area contributed by atoms with Crippen LogP contribution < -0.4 is 9.47 Å². The van der Waals surface area contributed by atoms with Gasteiger partial charge in [-0.3, -0.25) is 0 Å². The van der Waals surface area contributed by atoms with Crippen molar-refractivity contribution in [3.63, 3.8) is 0 Å². The summed E-state index contributed by atoms with van der Waals surface area (Å²) in [5.41, 5.74) is 0.837. The Labute approximate surface area is 181 Å². The first kappa shape index (κ1) is 24.7. The lowest BCUT2D eigenvalue weighted by Gasteiger charge is -2.15. The zero-order valence-electron chi connectivity index (χ0n) is 16.7. The quantitative estimate of drug-likeness (QED) is 0.397. The van der Waals surface area contributed by atoms with Crippen molar-refractivity contribution in [1.82, 2.24) is 0 Å². The predicted octanol–water partition coefficient (Wildman–Crippen LogP) is 6.77. The Balaban J connectivity index is 2.46. The fourth-order valence-corrected chi connectivity index (χ4v) is 3.63. The maximum atomic E-state index is 14.0. The van der Waals surface area contributed by atoms with Crippen molar-refractivity contribution in [3.8, 4) is 22.6 Å². The highest BCUT2D eigenvalue weighted by Gasteiger charge is 2.16. The first-order chi connectivity index (χ1) is 14.7. The largest absolute Gasteiger partial charge is 0.435 e. The second kappa shape index (κ2) is 11.8. The maximum absolute atomic E-state index is 14.0. The summed E-state index contributed by atoms with van der Waals surface area (Å²) < 4.78 is 73.6. The van der Waals surface area contributed by atoms with Crippen LogP contribution in [0, 0.1) is 5.82 Å². The smallest absolute Gasteiger partial charge is 0.387 e. The third kappa shape index (κ3) is 7.59. The van der Waals surface area contributed by atoms with Gasteiger partial charge < -0.3 is 14.6 Å². The Hall–Kier alpha value is -2.52. The molecule has 0 fully saturated rings. The van der Waals surface area contributed by atoms with E-state index >= 15 is 0 Å². The molecule has 0 amide bonds. The second-order valence-electron chi connectivity index (χ2n) is 6.21. The van der Waals surface area contributed by atoms with Gasteiger partial charge in [-0.1, -0.05) is 30.0 Å². The Kier molecular flexibility index (Phi) is 9.39. The molecule has 0 radical (unpaired) electrons. The third-order valence-electron chi connectivity index (χ3n) is 4.11. The number of alkyl halides is 4. The minimum atomic E-state index is -3.17. The van der Waals surface area contributed by atoms with Crippen molar-refractivity contribution in [1.29, 1.82) is 0 Å². The lowest BCUT2D eigenvalue weighted by atomic mass is 10.00. The summed E-state index contributed by atoms with van der Waals surface area (Å²) in [5.74, 6) is -1.54. The Morgan fingerprint density at radius 2 is 1.65 bits per heavy atom. The van der Waals surface area contributed by atoms with Gasteiger partial charge in [0.25, 0.3) is 0 Å². The standard InChI is InChI=1S/C22H21F5O3S/c1-3-17(31-18(4-2)12-28)7-13-5-6-20(30-22(26)27)19(8-13)14-9-15(23)11-16(10-14)29-21(24)25/h3-6,8-11,21-22,28H,7,12H2,1-2H3/b17-3-,18-4-. The molecule has 0 saturated carbocycles. The normalized spacial score (nSPS) is 12.6. The molecule has 0 aliphatic heterocycles. The number of hydrogen-bond donors (Lipinski definition) is 1. The lowest BCUT2D eigenvalue weighted by molar-refractivity contribution is -0.0501. The molecule has 0 spiro atoms. The zero-order chi connectivity index (χ0) is 23.0. The SMILES string of the molecule is C/C=C(/CO)S/C(=C\C)Cc1ccc(OC(F)F)c(-c2cc(F)cc(OC(F)F)c2)c1. The Morgan fingerprint density at radius 3 is 2.23 bits per heavy atom. The molecule has 0 unspecified atom stereocenters. The molecule has 2 aromatic carbocycles. The number of aliphatic hydroxyl groups excluding tert-OH is 1. The number of thioether (sulfide) groups is 1. The minimum absolute atomic E-state index is 0.0485. The summed E-state index contributed by atoms with van der Waals surface area (Å²) in [6, 6.07) is 7.34. The Bertz CT molecular complexity index is 945. The van der Waals surface area contributed by atoms with E-state index in [1.165, 1.54) is 23.9 Å². The summed E-state index contributed by atoms with van der Waals surface area (Å²) in [4.78, 5) is 1.63. The topological polar surface area (TPSA) is 38.7 Å². The molecule has 0 aromatic heterocycles. The number of aliphatic hydroxyl groups is 1. The Morgan fingerprint density at radius 1 is 0.968 bits per heavy atom. The first-order valence-corrected chi connectivity index (χ1v) is 10.00. The average molecular weight is 460 g/mol. The van der Waals surface area contributed by atoms with E-state index in [4.69, 9.17) is 0 Å². The number of allylic oxidation sites excluding steroid dienone is 3. The van der Waals surface area contributed by atoms with E-state index in [0.717, 1.165) is 28.0 Å². The molecule has 2 rings (SSSR count). The highest BCUT2D eigenvalue weighted by Crippen LogP contribution is 2.36. The summed E-state index contributed by atoms with van der Waals surface area (Å²) in [6.45, 7) is -2.80. The van der Waals surface area contributed by atoms with Crippen LogP contribution in [0.2, 0.25) is 0 Å². The van der Waals surface area contributed by atoms with Crippen molar-refractivity contribution in [2.24, 2.45) is 0 Å². The number of benzene rings is 2. The van der Waals surface area contributed by atoms with Crippen LogP contribution in [0.3, 0.4) is 0 Å². The third-order valence-corrected chi connectivity index (χ3v) is 5.38. The zero-order valence-corrected chi connectivity index (χ0v) is 17.6. The number of ether oxygens (including phenoxy) is 2. The average Bonchev–Trinajstić information content (AvgIpc) is 2.70. The fourth-order valence-electron chi connectivity index (χ4n) is 2.75. The number of halogens is 5. The van der Waals surface area contributed by atoms with Gasteiger partial charge in [-0.25, -0.2) is 4.39 Å². The van der Waals surface area contributed by atoms with Gasteiger partial charge in [-0.05, 0) is 54.1 Å². The van der Waals surface area contributed by atoms with Gasteiger partial charge in [0.15, 0.2) is 0 Å². The molecule has 0 aliphatic rings. The van der Waals surface area contributed by atoms with Crippen molar-refractivity contribution in [2.45, 2.75) is 33.5 Å². The van der Waals surface area contributed by atoms with Crippen molar-refractivity contribution < 1.29 is 36.5 Å². The van der Waals surface area contributed by atoms with E-state index in [0.29, 0.717) is 12.0 Å². The molecular weight excluding hydrogens is 439 g/mol. The van der Waals surface area contributed by atoms with Gasteiger partial charge in [0.2, 0.25) is 0 Å². The van der Waals surface area contributed by atoms with Gasteiger partial charge >= 0.3 is 13.2 Å². The van der Waals surface area contributed by atoms with Gasteiger partial charge in [0.05, 0.1) is 6.61 Å². The van der Waals surface area contributed by atoms with E-state index in [1.54, 1.807) is 19.1 Å². The van der Waals surface area contributed by atoms with Crippen molar-refractivity contribution in [2.75, 3.05) is 6.61 Å². The van der Waals surface area contributed by atoms with Crippen LogP contribution in [0.15, 0.2) is 58.4 Å². The molecule has 0 saturated heterocycles. The van der Waals surface area contributed by atoms with Crippen LogP contribution in [0.4, 0.5) is 22.0 Å². The van der Waals surface area contributed by atoms with E-state index in [2.05, 4.69) is 9.47 Å². The van der Waals surface area contributed by atoms with E-state index in [1.807, 2.05) is 13.0 Å². The molecule has 31 heavy (non-hydrogen) atoms. The summed E-state index contributed by atoms with van der Waals surface area (Å²) in [6.07, 6.45) is 4.02. The molecular formula is C22H21F5O3S. The molecule has 3 nitrogen and oxygen atoms in total. The van der Waals surface area contributed by atoms with Crippen LogP contribution in [0.5, 0.6) is 11.5 Å². The van der Waals surface area contributed by atoms with Crippen molar-refractivity contribution >= 4 is 11.8 Å². The van der Waals surface area contributed by atoms with Crippen LogP contribution in [0.1, 0.15) is 19.4 Å². The molecule has 9 heteroatoms. The predicted molar refractivity (Wildman–Crippen MR) is 111 cm³/mol. The van der Waals surface area contributed by atoms with Gasteiger partial charge in [0.1, 0.15) is 17.3 Å². The second-order valence-corrected chi connectivity index (χ2v) is 7.46. The van der Waals surface area contributed by atoms with Crippen LogP contribution in [0.25, 0.3) is 11.1 Å². The molecule has 2 aromatic rings. The molecule has 1 N–H and O–H groups in total. The molecule has 0 bridgehead atoms. The highest BCUT2D eigenvalue weighted by molar-refractivity contribution is 8.06. The van der Waals surface area contributed by atoms with Crippen LogP contribution >= 0.6 is 11.8 Å². The minimum Gasteiger partial charge on any atom is -0.435 e. The molecule has 0 atom stereocenters. The monoisotopic (exact) mass is 460 g/mol. The van der Waals surface area contributed by atoms with Gasteiger partial charge in [0, 0.05) is 23.0 Å². The van der Waals surface area contributed by atoms with Crippen molar-refractivity contribution in [3.05, 3.63) is 69.7 Å².